The van der Waals surface area contributed by atoms with E-state index in [1.807, 2.05) is 13.0 Å². The van der Waals surface area contributed by atoms with Crippen LogP contribution in [-0.2, 0) is 10.0 Å². The summed E-state index contributed by atoms with van der Waals surface area (Å²) in [6.07, 6.45) is 0. The maximum Gasteiger partial charge on any atom is 0.265 e. The van der Waals surface area contributed by atoms with Crippen LogP contribution in [0, 0.1) is 6.92 Å². The monoisotopic (exact) mass is 341 g/mol. The smallest absolute Gasteiger partial charge is 0.265 e. The molecule has 0 aliphatic rings. The van der Waals surface area contributed by atoms with Gasteiger partial charge in [0.1, 0.15) is 10.6 Å². The Kier molecular flexibility index (Phi) is 3.82. The molecule has 2 N–H and O–H groups in total. The van der Waals surface area contributed by atoms with E-state index in [0.29, 0.717) is 10.2 Å². The highest BCUT2D eigenvalue weighted by Gasteiger charge is 2.19. The molecule has 2 rings (SSSR count). The summed E-state index contributed by atoms with van der Waals surface area (Å²) in [5.74, 6) is -0.279. The third kappa shape index (κ3) is 2.90. The molecule has 2 aromatic carbocycles. The van der Waals surface area contributed by atoms with E-state index in [0.717, 1.165) is 5.56 Å². The Morgan fingerprint density at radius 2 is 1.79 bits per heavy atom. The number of sulfonamides is 1. The van der Waals surface area contributed by atoms with Crippen LogP contribution in [-0.4, -0.2) is 13.5 Å². The van der Waals surface area contributed by atoms with Gasteiger partial charge < -0.3 is 5.11 Å². The van der Waals surface area contributed by atoms with Crippen molar-refractivity contribution in [1.29, 1.82) is 0 Å². The first-order valence-corrected chi connectivity index (χ1v) is 7.75. The fourth-order valence-electron chi connectivity index (χ4n) is 1.61. The number of halogens is 1. The molecule has 0 atom stereocenters. The first-order chi connectivity index (χ1) is 8.92. The van der Waals surface area contributed by atoms with Crippen molar-refractivity contribution in [2.45, 2.75) is 11.8 Å². The van der Waals surface area contributed by atoms with E-state index in [1.54, 1.807) is 24.3 Å². The van der Waals surface area contributed by atoms with Crippen molar-refractivity contribution < 1.29 is 13.5 Å². The Balaban J connectivity index is 2.43. The molecular weight excluding hydrogens is 330 g/mol. The fourth-order valence-corrected chi connectivity index (χ4v) is 3.28. The van der Waals surface area contributed by atoms with Gasteiger partial charge in [0.2, 0.25) is 0 Å². The molecule has 0 heterocycles. The predicted octanol–water partition coefficient (Wildman–Crippen LogP) is 3.26. The van der Waals surface area contributed by atoms with Crippen LogP contribution in [0.25, 0.3) is 0 Å². The number of phenolic OH excluding ortho intramolecular Hbond substituents is 1. The number of hydrogen-bond donors (Lipinski definition) is 2. The first-order valence-electron chi connectivity index (χ1n) is 5.48. The number of para-hydroxylation sites is 1. The molecular formula is C13H12BrNO3S. The van der Waals surface area contributed by atoms with Gasteiger partial charge >= 0.3 is 0 Å². The van der Waals surface area contributed by atoms with Crippen LogP contribution in [0.15, 0.2) is 51.8 Å². The largest absolute Gasteiger partial charge is 0.507 e. The van der Waals surface area contributed by atoms with Gasteiger partial charge in [0, 0.05) is 4.47 Å². The Morgan fingerprint density at radius 3 is 2.47 bits per heavy atom. The van der Waals surface area contributed by atoms with Gasteiger partial charge in [0.05, 0.1) is 5.69 Å². The van der Waals surface area contributed by atoms with Gasteiger partial charge in [0.25, 0.3) is 10.0 Å². The number of aromatic hydroxyl groups is 1. The molecule has 0 unspecified atom stereocenters. The lowest BCUT2D eigenvalue weighted by Gasteiger charge is -2.11. The van der Waals surface area contributed by atoms with Gasteiger partial charge in [-0.3, -0.25) is 4.72 Å². The van der Waals surface area contributed by atoms with E-state index < -0.39 is 10.0 Å². The van der Waals surface area contributed by atoms with Gasteiger partial charge in [-0.25, -0.2) is 8.42 Å². The Labute approximate surface area is 120 Å². The molecule has 6 heteroatoms. The minimum atomic E-state index is -3.81. The average molecular weight is 342 g/mol. The van der Waals surface area contributed by atoms with Crippen LogP contribution in [0.4, 0.5) is 5.69 Å². The zero-order chi connectivity index (χ0) is 14.0. The van der Waals surface area contributed by atoms with Crippen molar-refractivity contribution >= 4 is 31.6 Å². The standard InChI is InChI=1S/C13H12BrNO3S/c1-9-5-4-6-10(13(9)14)15-19(17,18)12-8-3-2-7-11(12)16/h2-8,15-16H,1H3. The van der Waals surface area contributed by atoms with Crippen molar-refractivity contribution in [2.75, 3.05) is 4.72 Å². The lowest BCUT2D eigenvalue weighted by molar-refractivity contribution is 0.459. The second kappa shape index (κ2) is 5.22. The molecule has 0 aliphatic heterocycles. The molecule has 100 valence electrons. The Bertz CT molecular complexity index is 714. The van der Waals surface area contributed by atoms with Gasteiger partial charge in [0.15, 0.2) is 0 Å². The highest BCUT2D eigenvalue weighted by Crippen LogP contribution is 2.29. The number of phenols is 1. The quantitative estimate of drug-likeness (QED) is 0.900. The third-order valence-corrected chi connectivity index (χ3v) is 5.06. The van der Waals surface area contributed by atoms with Gasteiger partial charge in [-0.2, -0.15) is 0 Å². The normalized spacial score (nSPS) is 11.3. The van der Waals surface area contributed by atoms with Crippen LogP contribution in [0.5, 0.6) is 5.75 Å². The summed E-state index contributed by atoms with van der Waals surface area (Å²) in [7, 11) is -3.81. The summed E-state index contributed by atoms with van der Waals surface area (Å²) in [5, 5.41) is 9.62. The van der Waals surface area contributed by atoms with Crippen molar-refractivity contribution in [1.82, 2.24) is 0 Å². The molecule has 0 bridgehead atoms. The van der Waals surface area contributed by atoms with Crippen LogP contribution in [0.2, 0.25) is 0 Å². The molecule has 0 saturated heterocycles. The summed E-state index contributed by atoms with van der Waals surface area (Å²) in [6, 6.07) is 11.1. The minimum absolute atomic E-state index is 0.150. The van der Waals surface area contributed by atoms with E-state index in [1.165, 1.54) is 12.1 Å². The predicted molar refractivity (Wildman–Crippen MR) is 77.8 cm³/mol. The maximum atomic E-state index is 12.2. The highest BCUT2D eigenvalue weighted by atomic mass is 79.9. The average Bonchev–Trinajstić information content (AvgIpc) is 2.35. The number of rotatable bonds is 3. The third-order valence-electron chi connectivity index (χ3n) is 2.59. The molecule has 2 aromatic rings. The number of nitrogens with one attached hydrogen (secondary N) is 1. The zero-order valence-electron chi connectivity index (χ0n) is 10.1. The summed E-state index contributed by atoms with van der Waals surface area (Å²) < 4.78 is 27.5. The van der Waals surface area contributed by atoms with Crippen LogP contribution >= 0.6 is 15.9 Å². The van der Waals surface area contributed by atoms with Crippen LogP contribution < -0.4 is 4.72 Å². The van der Waals surface area contributed by atoms with Crippen molar-refractivity contribution in [3.8, 4) is 5.75 Å². The number of benzene rings is 2. The van der Waals surface area contributed by atoms with E-state index in [4.69, 9.17) is 0 Å². The topological polar surface area (TPSA) is 66.4 Å². The van der Waals surface area contributed by atoms with Gasteiger partial charge in [-0.15, -0.1) is 0 Å². The van der Waals surface area contributed by atoms with E-state index in [2.05, 4.69) is 20.7 Å². The van der Waals surface area contributed by atoms with Gasteiger partial charge in [-0.1, -0.05) is 24.3 Å². The molecule has 19 heavy (non-hydrogen) atoms. The second-order valence-corrected chi connectivity index (χ2v) is 6.45. The maximum absolute atomic E-state index is 12.2. The van der Waals surface area contributed by atoms with E-state index in [-0.39, 0.29) is 10.6 Å². The lowest BCUT2D eigenvalue weighted by atomic mass is 10.2. The zero-order valence-corrected chi connectivity index (χ0v) is 12.5. The molecule has 0 amide bonds. The lowest BCUT2D eigenvalue weighted by Crippen LogP contribution is -2.13. The molecule has 0 radical (unpaired) electrons. The summed E-state index contributed by atoms with van der Waals surface area (Å²) in [6.45, 7) is 1.86. The molecule has 0 aromatic heterocycles. The summed E-state index contributed by atoms with van der Waals surface area (Å²) >= 11 is 3.33. The van der Waals surface area contributed by atoms with E-state index >= 15 is 0 Å². The van der Waals surface area contributed by atoms with E-state index in [9.17, 15) is 13.5 Å². The molecule has 0 spiro atoms. The molecule has 0 fully saturated rings. The van der Waals surface area contributed by atoms with Crippen LogP contribution in [0.3, 0.4) is 0 Å². The van der Waals surface area contributed by atoms with Crippen LogP contribution in [0.1, 0.15) is 5.56 Å². The minimum Gasteiger partial charge on any atom is -0.507 e. The Hall–Kier alpha value is -1.53. The van der Waals surface area contributed by atoms with Crippen molar-refractivity contribution in [3.63, 3.8) is 0 Å². The van der Waals surface area contributed by atoms with Crippen molar-refractivity contribution in [3.05, 3.63) is 52.5 Å². The SMILES string of the molecule is Cc1cccc(NS(=O)(=O)c2ccccc2O)c1Br. The molecule has 0 saturated carbocycles. The van der Waals surface area contributed by atoms with Crippen molar-refractivity contribution in [2.24, 2.45) is 0 Å². The Morgan fingerprint density at radius 1 is 1.11 bits per heavy atom. The number of anilines is 1. The fraction of sp³-hybridized carbons (Fsp3) is 0.0769. The molecule has 0 aliphatic carbocycles. The summed E-state index contributed by atoms with van der Waals surface area (Å²) in [5.41, 5.74) is 1.35. The number of aryl methyl sites for hydroxylation is 1. The number of hydrogen-bond acceptors (Lipinski definition) is 3. The van der Waals surface area contributed by atoms with Gasteiger partial charge in [-0.05, 0) is 46.6 Å². The second-order valence-electron chi connectivity index (χ2n) is 4.01. The first kappa shape index (κ1) is 13.9. The highest BCUT2D eigenvalue weighted by molar-refractivity contribution is 9.10. The molecule has 4 nitrogen and oxygen atoms in total. The summed E-state index contributed by atoms with van der Waals surface area (Å²) in [4.78, 5) is -0.150.